The van der Waals surface area contributed by atoms with Gasteiger partial charge in [0.15, 0.2) is 0 Å². The topological polar surface area (TPSA) is 28.2 Å². The predicted octanol–water partition coefficient (Wildman–Crippen LogP) is 2.79. The second-order valence-corrected chi connectivity index (χ2v) is 5.65. The summed E-state index contributed by atoms with van der Waals surface area (Å²) < 4.78 is 0. The smallest absolute Gasteiger partial charge is 0.0476 e. The van der Waals surface area contributed by atoms with Crippen molar-refractivity contribution in [1.82, 2.24) is 15.2 Å². The molecule has 0 bridgehead atoms. The summed E-state index contributed by atoms with van der Waals surface area (Å²) in [5, 5.41) is 3.52. The summed E-state index contributed by atoms with van der Waals surface area (Å²) in [6.07, 6.45) is 4.91. The van der Waals surface area contributed by atoms with Gasteiger partial charge in [0.2, 0.25) is 0 Å². The molecule has 0 radical (unpaired) electrons. The third kappa shape index (κ3) is 3.49. The van der Waals surface area contributed by atoms with Crippen molar-refractivity contribution >= 4 is 0 Å². The molecule has 1 aliphatic rings. The van der Waals surface area contributed by atoms with E-state index in [1.54, 1.807) is 0 Å². The molecule has 1 fully saturated rings. The fraction of sp³-hybridized carbons (Fsp3) is 0.389. The molecule has 3 heteroatoms. The van der Waals surface area contributed by atoms with Gasteiger partial charge in [-0.15, -0.1) is 0 Å². The maximum absolute atomic E-state index is 4.23. The second-order valence-electron chi connectivity index (χ2n) is 5.65. The summed E-state index contributed by atoms with van der Waals surface area (Å²) in [4.78, 5) is 6.78. The number of hydrogen-bond donors (Lipinski definition) is 1. The molecule has 3 rings (SSSR count). The van der Waals surface area contributed by atoms with Crippen molar-refractivity contribution in [3.05, 3.63) is 65.5 Å². The van der Waals surface area contributed by atoms with Crippen LogP contribution in [0.5, 0.6) is 0 Å². The molecule has 1 aromatic carbocycles. The highest BCUT2D eigenvalue weighted by molar-refractivity contribution is 5.26. The highest BCUT2D eigenvalue weighted by Gasteiger charge is 2.23. The van der Waals surface area contributed by atoms with E-state index in [1.165, 1.54) is 16.7 Å². The third-order valence-electron chi connectivity index (χ3n) is 4.24. The van der Waals surface area contributed by atoms with Crippen LogP contribution in [0, 0.1) is 0 Å². The zero-order valence-corrected chi connectivity index (χ0v) is 12.6. The molecule has 0 spiro atoms. The molecule has 0 saturated carbocycles. The van der Waals surface area contributed by atoms with Gasteiger partial charge in [-0.05, 0) is 29.2 Å². The highest BCUT2D eigenvalue weighted by atomic mass is 15.2. The summed E-state index contributed by atoms with van der Waals surface area (Å²) >= 11 is 0. The number of benzene rings is 1. The van der Waals surface area contributed by atoms with Crippen molar-refractivity contribution in [2.75, 3.05) is 19.6 Å². The molecule has 1 aliphatic heterocycles. The van der Waals surface area contributed by atoms with Crippen molar-refractivity contribution in [2.24, 2.45) is 0 Å². The first kappa shape index (κ1) is 14.2. The van der Waals surface area contributed by atoms with Crippen molar-refractivity contribution < 1.29 is 0 Å². The largest absolute Gasteiger partial charge is 0.314 e. The van der Waals surface area contributed by atoms with Gasteiger partial charge in [-0.25, -0.2) is 0 Å². The normalized spacial score (nSPS) is 19.6. The van der Waals surface area contributed by atoms with E-state index in [0.29, 0.717) is 6.04 Å². The second kappa shape index (κ2) is 6.83. The molecule has 1 unspecified atom stereocenters. The number of hydrogen-bond acceptors (Lipinski definition) is 3. The van der Waals surface area contributed by atoms with E-state index >= 15 is 0 Å². The molecule has 2 aromatic rings. The Kier molecular flexibility index (Phi) is 4.63. The maximum Gasteiger partial charge on any atom is 0.0476 e. The van der Waals surface area contributed by atoms with E-state index in [9.17, 15) is 0 Å². The van der Waals surface area contributed by atoms with Crippen LogP contribution >= 0.6 is 0 Å². The third-order valence-corrected chi connectivity index (χ3v) is 4.24. The molecule has 21 heavy (non-hydrogen) atoms. The van der Waals surface area contributed by atoms with Gasteiger partial charge in [0.1, 0.15) is 0 Å². The van der Waals surface area contributed by atoms with E-state index in [2.05, 4.69) is 52.5 Å². The van der Waals surface area contributed by atoms with Crippen LogP contribution in [0.2, 0.25) is 0 Å². The monoisotopic (exact) mass is 281 g/mol. The van der Waals surface area contributed by atoms with E-state index < -0.39 is 0 Å². The fourth-order valence-electron chi connectivity index (χ4n) is 2.97. The lowest BCUT2D eigenvalue weighted by Gasteiger charge is -2.36. The van der Waals surface area contributed by atoms with E-state index in [1.807, 2.05) is 18.5 Å². The van der Waals surface area contributed by atoms with Gasteiger partial charge < -0.3 is 5.32 Å². The zero-order valence-electron chi connectivity index (χ0n) is 12.6. The first-order chi connectivity index (χ1) is 10.4. The molecule has 3 nitrogen and oxygen atoms in total. The maximum atomic E-state index is 4.23. The molecular formula is C18H23N3. The lowest BCUT2D eigenvalue weighted by molar-refractivity contribution is 0.153. The van der Waals surface area contributed by atoms with Gasteiger partial charge in [-0.3, -0.25) is 9.88 Å². The van der Waals surface area contributed by atoms with Crippen LogP contribution < -0.4 is 5.32 Å². The Morgan fingerprint density at radius 1 is 1.19 bits per heavy atom. The van der Waals surface area contributed by atoms with Crippen LogP contribution in [-0.2, 0) is 13.0 Å². The average Bonchev–Trinajstić information content (AvgIpc) is 2.56. The Hall–Kier alpha value is -1.71. The molecule has 1 saturated heterocycles. The summed E-state index contributed by atoms with van der Waals surface area (Å²) in [6.45, 7) is 6.33. The van der Waals surface area contributed by atoms with Crippen LogP contribution in [0.15, 0.2) is 48.8 Å². The number of rotatable bonds is 4. The molecule has 1 atom stereocenters. The van der Waals surface area contributed by atoms with Crippen LogP contribution in [0.25, 0.3) is 0 Å². The number of nitrogens with one attached hydrogen (secondary N) is 1. The van der Waals surface area contributed by atoms with Crippen LogP contribution in [0.3, 0.4) is 0 Å². The van der Waals surface area contributed by atoms with Crippen LogP contribution in [-0.4, -0.2) is 29.5 Å². The van der Waals surface area contributed by atoms with E-state index in [-0.39, 0.29) is 0 Å². The molecule has 1 aromatic heterocycles. The molecule has 2 heterocycles. The molecule has 110 valence electrons. The summed E-state index contributed by atoms with van der Waals surface area (Å²) in [5.74, 6) is 0. The molecule has 1 N–H and O–H groups in total. The van der Waals surface area contributed by atoms with Gasteiger partial charge in [0, 0.05) is 44.6 Å². The molecule has 0 aliphatic carbocycles. The summed E-state index contributed by atoms with van der Waals surface area (Å²) in [6, 6.07) is 13.7. The highest BCUT2D eigenvalue weighted by Crippen LogP contribution is 2.24. The van der Waals surface area contributed by atoms with Gasteiger partial charge in [0.25, 0.3) is 0 Å². The van der Waals surface area contributed by atoms with Gasteiger partial charge in [0.05, 0.1) is 0 Å². The Morgan fingerprint density at radius 2 is 2.05 bits per heavy atom. The lowest BCUT2D eigenvalue weighted by Crippen LogP contribution is -2.45. The van der Waals surface area contributed by atoms with Gasteiger partial charge in [-0.1, -0.05) is 37.3 Å². The van der Waals surface area contributed by atoms with Crippen molar-refractivity contribution in [3.63, 3.8) is 0 Å². The first-order valence-corrected chi connectivity index (χ1v) is 7.79. The molecular weight excluding hydrogens is 258 g/mol. The first-order valence-electron chi connectivity index (χ1n) is 7.79. The lowest BCUT2D eigenvalue weighted by atomic mass is 10.0. The Morgan fingerprint density at radius 3 is 2.76 bits per heavy atom. The fourth-order valence-corrected chi connectivity index (χ4v) is 2.97. The Labute approximate surface area is 127 Å². The number of aromatic nitrogens is 1. The quantitative estimate of drug-likeness (QED) is 0.934. The average molecular weight is 281 g/mol. The zero-order chi connectivity index (χ0) is 14.5. The van der Waals surface area contributed by atoms with Gasteiger partial charge >= 0.3 is 0 Å². The number of piperazine rings is 1. The molecule has 0 amide bonds. The Bertz CT molecular complexity index is 550. The summed E-state index contributed by atoms with van der Waals surface area (Å²) in [7, 11) is 0. The van der Waals surface area contributed by atoms with E-state index in [0.717, 1.165) is 32.6 Å². The predicted molar refractivity (Wildman–Crippen MR) is 86.1 cm³/mol. The Balaban J connectivity index is 1.77. The number of pyridine rings is 1. The minimum atomic E-state index is 0.449. The van der Waals surface area contributed by atoms with Crippen LogP contribution in [0.1, 0.15) is 29.7 Å². The van der Waals surface area contributed by atoms with Crippen molar-refractivity contribution in [3.8, 4) is 0 Å². The minimum absolute atomic E-state index is 0.449. The number of aryl methyl sites for hydroxylation is 1. The summed E-state index contributed by atoms with van der Waals surface area (Å²) in [5.41, 5.74) is 4.10. The van der Waals surface area contributed by atoms with Crippen LogP contribution in [0.4, 0.5) is 0 Å². The van der Waals surface area contributed by atoms with Gasteiger partial charge in [-0.2, -0.15) is 0 Å². The van der Waals surface area contributed by atoms with Crippen molar-refractivity contribution in [1.29, 1.82) is 0 Å². The standard InChI is InChI=1S/C18H23N3/c1-2-15-5-7-17(8-6-15)18-13-20-10-11-21(18)14-16-4-3-9-19-12-16/h3-9,12,18,20H,2,10-11,13-14H2,1H3. The number of nitrogens with zero attached hydrogens (tertiary/aromatic N) is 2. The minimum Gasteiger partial charge on any atom is -0.314 e. The van der Waals surface area contributed by atoms with Crippen molar-refractivity contribution in [2.45, 2.75) is 25.9 Å². The SMILES string of the molecule is CCc1ccc(C2CNCCN2Cc2cccnc2)cc1. The van der Waals surface area contributed by atoms with E-state index in [4.69, 9.17) is 0 Å².